The number of hydrogen-bond acceptors (Lipinski definition) is 2. The van der Waals surface area contributed by atoms with Gasteiger partial charge in [-0.1, -0.05) is 18.5 Å². The summed E-state index contributed by atoms with van der Waals surface area (Å²) in [4.78, 5) is 2.32. The number of halogens is 2. The van der Waals surface area contributed by atoms with Crippen molar-refractivity contribution in [2.45, 2.75) is 19.4 Å². The lowest BCUT2D eigenvalue weighted by Crippen LogP contribution is -2.45. The Kier molecular flexibility index (Phi) is 4.37. The van der Waals surface area contributed by atoms with Gasteiger partial charge in [0.25, 0.3) is 0 Å². The molecule has 0 radical (unpaired) electrons. The second kappa shape index (κ2) is 5.80. The van der Waals surface area contributed by atoms with E-state index in [1.54, 1.807) is 12.1 Å². The number of piperazine rings is 1. The number of hydrogen-bond donors (Lipinski definition) is 1. The first-order chi connectivity index (χ1) is 8.22. The van der Waals surface area contributed by atoms with E-state index in [4.69, 9.17) is 11.6 Å². The van der Waals surface area contributed by atoms with Crippen molar-refractivity contribution >= 4 is 11.6 Å². The van der Waals surface area contributed by atoms with E-state index in [-0.39, 0.29) is 11.9 Å². The van der Waals surface area contributed by atoms with Gasteiger partial charge in [0.05, 0.1) is 0 Å². The Morgan fingerprint density at radius 1 is 1.41 bits per heavy atom. The normalized spacial score (nSPS) is 19.2. The predicted molar refractivity (Wildman–Crippen MR) is 68.9 cm³/mol. The molecular weight excluding hydrogens is 239 g/mol. The van der Waals surface area contributed by atoms with Crippen LogP contribution < -0.4 is 5.32 Å². The molecule has 1 aromatic rings. The third-order valence-corrected chi connectivity index (χ3v) is 3.53. The summed E-state index contributed by atoms with van der Waals surface area (Å²) in [6, 6.07) is 4.95. The Bertz CT molecular complexity index is 378. The Hall–Kier alpha value is -0.640. The molecule has 0 bridgehead atoms. The van der Waals surface area contributed by atoms with E-state index in [1.807, 2.05) is 0 Å². The maximum atomic E-state index is 13.9. The highest BCUT2D eigenvalue weighted by Gasteiger charge is 2.23. The molecule has 1 atom stereocenters. The van der Waals surface area contributed by atoms with E-state index in [2.05, 4.69) is 17.1 Å². The lowest BCUT2D eigenvalue weighted by Gasteiger charge is -2.34. The van der Waals surface area contributed by atoms with Gasteiger partial charge in [-0.25, -0.2) is 4.39 Å². The van der Waals surface area contributed by atoms with E-state index < -0.39 is 0 Å². The van der Waals surface area contributed by atoms with Gasteiger partial charge in [-0.15, -0.1) is 0 Å². The van der Waals surface area contributed by atoms with Crippen molar-refractivity contribution in [2.24, 2.45) is 0 Å². The first-order valence-electron chi connectivity index (χ1n) is 6.12. The van der Waals surface area contributed by atoms with Gasteiger partial charge in [0, 0.05) is 42.8 Å². The van der Waals surface area contributed by atoms with Gasteiger partial charge in [0.15, 0.2) is 0 Å². The first-order valence-corrected chi connectivity index (χ1v) is 6.50. The summed E-state index contributed by atoms with van der Waals surface area (Å²) in [5.74, 6) is -0.153. The van der Waals surface area contributed by atoms with E-state index in [1.165, 1.54) is 6.07 Å². The molecule has 2 rings (SSSR count). The molecule has 1 aromatic carbocycles. The smallest absolute Gasteiger partial charge is 0.128 e. The molecule has 1 fully saturated rings. The highest BCUT2D eigenvalue weighted by Crippen LogP contribution is 2.28. The third kappa shape index (κ3) is 2.97. The number of nitrogens with zero attached hydrogens (tertiary/aromatic N) is 1. The summed E-state index contributed by atoms with van der Waals surface area (Å²) in [7, 11) is 0. The van der Waals surface area contributed by atoms with Crippen molar-refractivity contribution in [3.8, 4) is 0 Å². The molecular formula is C13H18ClFN2. The minimum Gasteiger partial charge on any atom is -0.314 e. The van der Waals surface area contributed by atoms with Crippen molar-refractivity contribution in [1.82, 2.24) is 10.2 Å². The highest BCUT2D eigenvalue weighted by atomic mass is 35.5. The average Bonchev–Trinajstić information content (AvgIpc) is 2.36. The van der Waals surface area contributed by atoms with Crippen LogP contribution in [0.1, 0.15) is 24.9 Å². The number of nitrogens with one attached hydrogen (secondary N) is 1. The average molecular weight is 257 g/mol. The summed E-state index contributed by atoms with van der Waals surface area (Å²) in [6.45, 7) is 5.96. The van der Waals surface area contributed by atoms with Crippen molar-refractivity contribution < 1.29 is 4.39 Å². The molecule has 0 saturated carbocycles. The largest absolute Gasteiger partial charge is 0.314 e. The van der Waals surface area contributed by atoms with Gasteiger partial charge in [-0.05, 0) is 24.6 Å². The second-order valence-corrected chi connectivity index (χ2v) is 4.81. The van der Waals surface area contributed by atoms with Crippen molar-refractivity contribution in [1.29, 1.82) is 0 Å². The first kappa shape index (κ1) is 12.8. The van der Waals surface area contributed by atoms with Crippen LogP contribution in [0.4, 0.5) is 4.39 Å². The van der Waals surface area contributed by atoms with Crippen LogP contribution in [-0.2, 0) is 0 Å². The van der Waals surface area contributed by atoms with Gasteiger partial charge in [-0.2, -0.15) is 0 Å². The minimum atomic E-state index is -0.153. The summed E-state index contributed by atoms with van der Waals surface area (Å²) >= 11 is 5.96. The summed E-state index contributed by atoms with van der Waals surface area (Å²) in [5, 5.41) is 3.92. The molecule has 2 nitrogen and oxygen atoms in total. The molecule has 4 heteroatoms. The van der Waals surface area contributed by atoms with Crippen LogP contribution in [0.2, 0.25) is 5.02 Å². The minimum absolute atomic E-state index is 0.135. The predicted octanol–water partition coefficient (Wildman–Crippen LogP) is 2.84. The monoisotopic (exact) mass is 256 g/mol. The lowest BCUT2D eigenvalue weighted by atomic mass is 10.0. The molecule has 94 valence electrons. The molecule has 1 unspecified atom stereocenters. The molecule has 1 saturated heterocycles. The summed E-state index contributed by atoms with van der Waals surface area (Å²) in [6.07, 6.45) is 0.900. The van der Waals surface area contributed by atoms with Crippen LogP contribution in [0.5, 0.6) is 0 Å². The molecule has 0 spiro atoms. The van der Waals surface area contributed by atoms with Crippen molar-refractivity contribution in [3.63, 3.8) is 0 Å². The standard InChI is InChI=1S/C13H18ClFN2/c1-2-13(17-7-5-16-6-8-17)11-9-10(14)3-4-12(11)15/h3-4,9,13,16H,2,5-8H2,1H3. The number of benzene rings is 1. The lowest BCUT2D eigenvalue weighted by molar-refractivity contribution is 0.166. The van der Waals surface area contributed by atoms with E-state index in [9.17, 15) is 4.39 Å². The molecule has 1 aliphatic rings. The maximum Gasteiger partial charge on any atom is 0.128 e. The van der Waals surface area contributed by atoms with Crippen LogP contribution in [0.3, 0.4) is 0 Å². The summed E-state index contributed by atoms with van der Waals surface area (Å²) < 4.78 is 13.9. The van der Waals surface area contributed by atoms with Gasteiger partial charge in [0.1, 0.15) is 5.82 Å². The van der Waals surface area contributed by atoms with Crippen LogP contribution in [-0.4, -0.2) is 31.1 Å². The molecule has 1 aliphatic heterocycles. The second-order valence-electron chi connectivity index (χ2n) is 4.38. The van der Waals surface area contributed by atoms with Crippen LogP contribution in [0, 0.1) is 5.82 Å². The van der Waals surface area contributed by atoms with Gasteiger partial charge in [-0.3, -0.25) is 4.90 Å². The van der Waals surface area contributed by atoms with Gasteiger partial charge < -0.3 is 5.32 Å². The topological polar surface area (TPSA) is 15.3 Å². The zero-order valence-corrected chi connectivity index (χ0v) is 10.8. The molecule has 1 N–H and O–H groups in total. The number of rotatable bonds is 3. The SMILES string of the molecule is CCC(c1cc(Cl)ccc1F)N1CCNCC1. The zero-order chi connectivity index (χ0) is 12.3. The molecule has 0 aromatic heterocycles. The maximum absolute atomic E-state index is 13.9. The van der Waals surface area contributed by atoms with Crippen molar-refractivity contribution in [2.75, 3.05) is 26.2 Å². The molecule has 17 heavy (non-hydrogen) atoms. The summed E-state index contributed by atoms with van der Waals surface area (Å²) in [5.41, 5.74) is 0.724. The fourth-order valence-electron chi connectivity index (χ4n) is 2.44. The zero-order valence-electron chi connectivity index (χ0n) is 10.0. The van der Waals surface area contributed by atoms with Crippen LogP contribution in [0.15, 0.2) is 18.2 Å². The Morgan fingerprint density at radius 2 is 2.12 bits per heavy atom. The molecule has 1 heterocycles. The van der Waals surface area contributed by atoms with Crippen molar-refractivity contribution in [3.05, 3.63) is 34.6 Å². The molecule has 0 amide bonds. The van der Waals surface area contributed by atoms with Gasteiger partial charge in [0.2, 0.25) is 0 Å². The third-order valence-electron chi connectivity index (χ3n) is 3.30. The van der Waals surface area contributed by atoms with E-state index in [0.29, 0.717) is 5.02 Å². The van der Waals surface area contributed by atoms with E-state index >= 15 is 0 Å². The van der Waals surface area contributed by atoms with E-state index in [0.717, 1.165) is 38.2 Å². The highest BCUT2D eigenvalue weighted by molar-refractivity contribution is 6.30. The quantitative estimate of drug-likeness (QED) is 0.895. The van der Waals surface area contributed by atoms with Gasteiger partial charge >= 0.3 is 0 Å². The fraction of sp³-hybridized carbons (Fsp3) is 0.538. The Balaban J connectivity index is 2.24. The Morgan fingerprint density at radius 3 is 2.76 bits per heavy atom. The fourth-order valence-corrected chi connectivity index (χ4v) is 2.62. The van der Waals surface area contributed by atoms with Crippen LogP contribution >= 0.6 is 11.6 Å². The Labute approximate surface area is 107 Å². The molecule has 0 aliphatic carbocycles. The van der Waals surface area contributed by atoms with Crippen LogP contribution in [0.25, 0.3) is 0 Å².